The highest BCUT2D eigenvalue weighted by atomic mass is 19.1. The number of hydrogen-bond acceptors (Lipinski definition) is 7. The average Bonchev–Trinajstić information content (AvgIpc) is 3.38. The van der Waals surface area contributed by atoms with E-state index in [0.717, 1.165) is 0 Å². The van der Waals surface area contributed by atoms with Gasteiger partial charge in [-0.25, -0.2) is 14.2 Å². The Balaban J connectivity index is 1.68. The number of aromatic nitrogens is 4. The third-order valence-electron chi connectivity index (χ3n) is 6.45. The van der Waals surface area contributed by atoms with E-state index in [-0.39, 0.29) is 22.5 Å². The van der Waals surface area contributed by atoms with Gasteiger partial charge in [0.05, 0.1) is 12.0 Å². The number of hydrogen-bond donors (Lipinski definition) is 3. The third-order valence-corrected chi connectivity index (χ3v) is 6.45. The smallest absolute Gasteiger partial charge is 0.329 e. The van der Waals surface area contributed by atoms with Crippen LogP contribution in [0.2, 0.25) is 0 Å². The molecule has 1 unspecified atom stereocenters. The van der Waals surface area contributed by atoms with Gasteiger partial charge in [-0.05, 0) is 89.6 Å². The van der Waals surface area contributed by atoms with Gasteiger partial charge in [0.2, 0.25) is 0 Å². The van der Waals surface area contributed by atoms with Gasteiger partial charge in [-0.2, -0.15) is 0 Å². The lowest BCUT2D eigenvalue weighted by Crippen LogP contribution is -2.47. The van der Waals surface area contributed by atoms with Crippen LogP contribution < -0.4 is 26.7 Å². The number of rotatable bonds is 8. The molecule has 0 bridgehead atoms. The number of benzene rings is 2. The van der Waals surface area contributed by atoms with Crippen molar-refractivity contribution in [3.63, 3.8) is 0 Å². The summed E-state index contributed by atoms with van der Waals surface area (Å²) in [4.78, 5) is 66.0. The summed E-state index contributed by atoms with van der Waals surface area (Å²) in [6.07, 6.45) is 4.34. The van der Waals surface area contributed by atoms with Crippen molar-refractivity contribution in [1.29, 1.82) is 0 Å². The fourth-order valence-electron chi connectivity index (χ4n) is 4.53. The van der Waals surface area contributed by atoms with Gasteiger partial charge in [0, 0.05) is 17.2 Å². The molecule has 224 valence electrons. The molecule has 1 atom stereocenters. The summed E-state index contributed by atoms with van der Waals surface area (Å²) < 4.78 is 18.8. The number of halogens is 1. The molecule has 0 saturated heterocycles. The Hall–Kier alpha value is -5.06. The van der Waals surface area contributed by atoms with E-state index in [0.29, 0.717) is 28.2 Å². The van der Waals surface area contributed by atoms with Crippen LogP contribution in [0.25, 0.3) is 12.2 Å². The van der Waals surface area contributed by atoms with Gasteiger partial charge >= 0.3 is 5.97 Å². The molecular weight excluding hydrogens is 553 g/mol. The van der Waals surface area contributed by atoms with Crippen LogP contribution in [-0.2, 0) is 9.53 Å². The van der Waals surface area contributed by atoms with Gasteiger partial charge in [0.15, 0.2) is 11.6 Å². The molecule has 0 aliphatic heterocycles. The Bertz CT molecular complexity index is 1880. The van der Waals surface area contributed by atoms with Gasteiger partial charge in [0.1, 0.15) is 28.2 Å². The summed E-state index contributed by atoms with van der Waals surface area (Å²) in [7, 11) is 0. The van der Waals surface area contributed by atoms with Crippen molar-refractivity contribution in [2.75, 3.05) is 4.90 Å². The predicted molar refractivity (Wildman–Crippen MR) is 162 cm³/mol. The van der Waals surface area contributed by atoms with Crippen LogP contribution in [0.1, 0.15) is 68.7 Å². The fourth-order valence-corrected chi connectivity index (χ4v) is 4.53. The highest BCUT2D eigenvalue weighted by Gasteiger charge is 2.30. The molecule has 0 fully saturated rings. The van der Waals surface area contributed by atoms with E-state index in [1.165, 1.54) is 42.7 Å². The first-order chi connectivity index (χ1) is 20.2. The van der Waals surface area contributed by atoms with Crippen LogP contribution in [0.3, 0.4) is 0 Å². The molecule has 2 heterocycles. The van der Waals surface area contributed by atoms with E-state index in [4.69, 9.17) is 4.74 Å². The largest absolute Gasteiger partial charge is 0.458 e. The van der Waals surface area contributed by atoms with E-state index < -0.39 is 34.5 Å². The normalized spacial score (nSPS) is 13.3. The second-order valence-electron chi connectivity index (χ2n) is 11.3. The van der Waals surface area contributed by atoms with Gasteiger partial charge in [-0.15, -0.1) is 0 Å². The first kappa shape index (κ1) is 30.9. The van der Waals surface area contributed by atoms with Crippen molar-refractivity contribution >= 4 is 29.7 Å². The second kappa shape index (κ2) is 12.4. The summed E-state index contributed by atoms with van der Waals surface area (Å²) in [6.45, 7) is 10.9. The van der Waals surface area contributed by atoms with Crippen molar-refractivity contribution < 1.29 is 18.7 Å². The van der Waals surface area contributed by atoms with Crippen molar-refractivity contribution in [3.05, 3.63) is 114 Å². The highest BCUT2D eigenvalue weighted by molar-refractivity contribution is 6.09. The number of imidazole rings is 1. The molecule has 11 heteroatoms. The molecule has 0 aliphatic carbocycles. The van der Waals surface area contributed by atoms with Crippen LogP contribution in [0.15, 0.2) is 64.4 Å². The van der Waals surface area contributed by atoms with Crippen molar-refractivity contribution in [3.8, 4) is 0 Å². The first-order valence-corrected chi connectivity index (χ1v) is 13.7. The van der Waals surface area contributed by atoms with Crippen LogP contribution in [0, 0.1) is 5.82 Å². The van der Waals surface area contributed by atoms with Crippen LogP contribution in [0.4, 0.5) is 10.2 Å². The number of anilines is 1. The quantitative estimate of drug-likeness (QED) is 0.213. The van der Waals surface area contributed by atoms with Crippen LogP contribution >= 0.6 is 0 Å². The van der Waals surface area contributed by atoms with E-state index >= 15 is 0 Å². The minimum atomic E-state index is -0.685. The molecule has 43 heavy (non-hydrogen) atoms. The lowest BCUT2D eigenvalue weighted by molar-refractivity contribution is -0.156. The number of esters is 1. The molecule has 4 aromatic rings. The number of carbonyl (C=O) groups excluding carboxylic acids is 2. The Morgan fingerprint density at radius 2 is 1.56 bits per heavy atom. The maximum Gasteiger partial charge on any atom is 0.329 e. The number of nitrogens with zero attached hydrogens (tertiary/aromatic N) is 2. The fraction of sp³-hybridized carbons (Fsp3) is 0.281. The summed E-state index contributed by atoms with van der Waals surface area (Å²) >= 11 is 0. The molecular formula is C32H34FN5O5. The number of nitrogens with one attached hydrogen (secondary N) is 3. The predicted octanol–water partition coefficient (Wildman–Crippen LogP) is 2.76. The van der Waals surface area contributed by atoms with E-state index in [2.05, 4.69) is 19.9 Å². The maximum absolute atomic E-state index is 13.3. The van der Waals surface area contributed by atoms with Crippen molar-refractivity contribution in [2.45, 2.75) is 59.2 Å². The Morgan fingerprint density at radius 1 is 0.930 bits per heavy atom. The summed E-state index contributed by atoms with van der Waals surface area (Å²) in [5, 5.41) is -0.0396. The minimum absolute atomic E-state index is 0.0132. The molecule has 0 aliphatic rings. The summed E-state index contributed by atoms with van der Waals surface area (Å²) in [6, 6.07) is 10.9. The molecule has 2 aromatic heterocycles. The summed E-state index contributed by atoms with van der Waals surface area (Å²) in [5.41, 5.74) is -0.226. The van der Waals surface area contributed by atoms with E-state index in [1.807, 2.05) is 13.8 Å². The topological polar surface area (TPSA) is 141 Å². The number of aromatic amines is 3. The SMILES string of the molecule is CC(C)N(c1nc[nH]c1/C=c1\[nH]c(=O)/c(=C/c2cccc(C(=O)c3ccc(F)cc3)c2)[nH]c1=O)C(C)C(=O)OC(C)(C)C. The molecule has 0 amide bonds. The third kappa shape index (κ3) is 7.42. The van der Waals surface area contributed by atoms with Crippen molar-refractivity contribution in [1.82, 2.24) is 19.9 Å². The standard InChI is InChI=1S/C32H34FN5O5/c1-18(2)38(19(3)31(42)43-32(4,5)6)28-24(34-17-35-28)16-26-30(41)36-25(29(40)37-26)15-20-8-7-9-22(14-20)27(39)21-10-12-23(33)13-11-21/h7-19H,1-6H3,(H,34,35)(H,36,41)(H,37,40)/b25-15-,26-16-. The van der Waals surface area contributed by atoms with Crippen LogP contribution in [0.5, 0.6) is 0 Å². The lowest BCUT2D eigenvalue weighted by Gasteiger charge is -2.34. The van der Waals surface area contributed by atoms with Gasteiger partial charge in [0.25, 0.3) is 11.1 Å². The summed E-state index contributed by atoms with van der Waals surface area (Å²) in [5.74, 6) is -0.773. The number of ether oxygens (including phenoxy) is 1. The van der Waals surface area contributed by atoms with E-state index in [1.54, 1.807) is 56.9 Å². The Labute approximate surface area is 247 Å². The van der Waals surface area contributed by atoms with Gasteiger partial charge < -0.3 is 24.6 Å². The first-order valence-electron chi connectivity index (χ1n) is 13.7. The lowest BCUT2D eigenvalue weighted by atomic mass is 10.0. The minimum Gasteiger partial charge on any atom is -0.458 e. The molecule has 0 saturated carbocycles. The zero-order valence-electron chi connectivity index (χ0n) is 24.8. The molecule has 2 aromatic carbocycles. The van der Waals surface area contributed by atoms with Crippen molar-refractivity contribution in [2.24, 2.45) is 0 Å². The zero-order chi connectivity index (χ0) is 31.5. The molecule has 0 spiro atoms. The Kier molecular flexibility index (Phi) is 8.93. The molecule has 10 nitrogen and oxygen atoms in total. The zero-order valence-corrected chi connectivity index (χ0v) is 24.8. The van der Waals surface area contributed by atoms with Gasteiger partial charge in [-0.1, -0.05) is 18.2 Å². The monoisotopic (exact) mass is 587 g/mol. The number of ketones is 1. The second-order valence-corrected chi connectivity index (χ2v) is 11.3. The maximum atomic E-state index is 13.3. The molecule has 4 rings (SSSR count). The highest BCUT2D eigenvalue weighted by Crippen LogP contribution is 2.23. The number of H-pyrrole nitrogens is 3. The average molecular weight is 588 g/mol. The van der Waals surface area contributed by atoms with E-state index in [9.17, 15) is 23.6 Å². The number of carbonyl (C=O) groups is 2. The van der Waals surface area contributed by atoms with Gasteiger partial charge in [-0.3, -0.25) is 14.4 Å². The molecule has 3 N–H and O–H groups in total. The molecule has 0 radical (unpaired) electrons. The Morgan fingerprint density at radius 3 is 2.16 bits per heavy atom. The van der Waals surface area contributed by atoms with Crippen LogP contribution in [-0.4, -0.2) is 49.4 Å².